The number of aliphatic hydroxyl groups is 1. The van der Waals surface area contributed by atoms with Crippen LogP contribution in [0.3, 0.4) is 0 Å². The molecule has 3 nitrogen and oxygen atoms in total. The fourth-order valence-corrected chi connectivity index (χ4v) is 2.69. The average molecular weight is 234 g/mol. The van der Waals surface area contributed by atoms with Crippen molar-refractivity contribution >= 4 is 5.69 Å². The van der Waals surface area contributed by atoms with E-state index in [9.17, 15) is 5.11 Å². The van der Waals surface area contributed by atoms with Gasteiger partial charge in [-0.25, -0.2) is 0 Å². The molecule has 94 valence electrons. The molecular weight excluding hydrogens is 212 g/mol. The Balaban J connectivity index is 2.19. The Morgan fingerprint density at radius 2 is 2.12 bits per heavy atom. The minimum Gasteiger partial charge on any atom is -0.392 e. The monoisotopic (exact) mass is 234 g/mol. The van der Waals surface area contributed by atoms with Crippen LogP contribution in [-0.4, -0.2) is 43.2 Å². The van der Waals surface area contributed by atoms with E-state index in [0.717, 1.165) is 18.7 Å². The van der Waals surface area contributed by atoms with Gasteiger partial charge >= 0.3 is 0 Å². The summed E-state index contributed by atoms with van der Waals surface area (Å²) in [4.78, 5) is 4.69. The summed E-state index contributed by atoms with van der Waals surface area (Å²) < 4.78 is 0. The highest BCUT2D eigenvalue weighted by atomic mass is 16.3. The number of hydrogen-bond donors (Lipinski definition) is 1. The number of anilines is 1. The predicted molar refractivity (Wildman–Crippen MR) is 71.3 cm³/mol. The van der Waals surface area contributed by atoms with Gasteiger partial charge in [-0.05, 0) is 33.0 Å². The van der Waals surface area contributed by atoms with Gasteiger partial charge in [0.2, 0.25) is 0 Å². The molecule has 1 aliphatic rings. The summed E-state index contributed by atoms with van der Waals surface area (Å²) in [5.74, 6) is 0. The third-order valence-electron chi connectivity index (χ3n) is 3.42. The summed E-state index contributed by atoms with van der Waals surface area (Å²) in [6.45, 7) is 2.32. The van der Waals surface area contributed by atoms with Gasteiger partial charge in [0.25, 0.3) is 0 Å². The Morgan fingerprint density at radius 1 is 1.35 bits per heavy atom. The molecule has 1 fully saturated rings. The molecule has 0 bridgehead atoms. The van der Waals surface area contributed by atoms with E-state index < -0.39 is 0 Å². The first-order valence-electron chi connectivity index (χ1n) is 6.32. The van der Waals surface area contributed by atoms with E-state index in [4.69, 9.17) is 0 Å². The molecule has 0 radical (unpaired) electrons. The summed E-state index contributed by atoms with van der Waals surface area (Å²) in [5.41, 5.74) is 2.25. The Morgan fingerprint density at radius 3 is 2.82 bits per heavy atom. The van der Waals surface area contributed by atoms with Crippen LogP contribution < -0.4 is 4.90 Å². The van der Waals surface area contributed by atoms with Crippen molar-refractivity contribution < 1.29 is 5.11 Å². The largest absolute Gasteiger partial charge is 0.392 e. The number of benzene rings is 1. The highest BCUT2D eigenvalue weighted by Gasteiger charge is 2.26. The van der Waals surface area contributed by atoms with Crippen LogP contribution in [-0.2, 0) is 6.61 Å². The maximum Gasteiger partial charge on any atom is 0.0702 e. The molecule has 3 heteroatoms. The van der Waals surface area contributed by atoms with E-state index in [2.05, 4.69) is 36.0 Å². The summed E-state index contributed by atoms with van der Waals surface area (Å²) in [6, 6.07) is 8.77. The second-order valence-electron chi connectivity index (χ2n) is 5.04. The third-order valence-corrected chi connectivity index (χ3v) is 3.42. The molecule has 0 saturated carbocycles. The maximum atomic E-state index is 9.41. The normalized spacial score (nSPS) is 20.2. The zero-order chi connectivity index (χ0) is 12.3. The molecule has 1 atom stereocenters. The molecule has 1 aromatic rings. The van der Waals surface area contributed by atoms with Crippen molar-refractivity contribution in [3.05, 3.63) is 29.8 Å². The van der Waals surface area contributed by atoms with Crippen LogP contribution >= 0.6 is 0 Å². The Bertz CT molecular complexity index is 365. The lowest BCUT2D eigenvalue weighted by Crippen LogP contribution is -2.38. The molecular formula is C14H22N2O. The Labute approximate surface area is 104 Å². The molecule has 0 spiro atoms. The number of rotatable bonds is 4. The molecule has 0 amide bonds. The lowest BCUT2D eigenvalue weighted by molar-refractivity contribution is 0.281. The highest BCUT2D eigenvalue weighted by molar-refractivity contribution is 5.55. The van der Waals surface area contributed by atoms with Crippen molar-refractivity contribution in [3.8, 4) is 0 Å². The van der Waals surface area contributed by atoms with Crippen molar-refractivity contribution in [3.63, 3.8) is 0 Å². The van der Waals surface area contributed by atoms with E-state index in [-0.39, 0.29) is 6.61 Å². The standard InChI is InChI=1S/C14H22N2O/c1-15(2)10-13-7-5-9-16(13)14-8-4-3-6-12(14)11-17/h3-4,6,8,13,17H,5,7,9-11H2,1-2H3. The van der Waals surface area contributed by atoms with Gasteiger partial charge in [-0.15, -0.1) is 0 Å². The number of nitrogens with zero attached hydrogens (tertiary/aromatic N) is 2. The van der Waals surface area contributed by atoms with Crippen LogP contribution in [0.2, 0.25) is 0 Å². The van der Waals surface area contributed by atoms with E-state index in [1.54, 1.807) is 0 Å². The second-order valence-corrected chi connectivity index (χ2v) is 5.04. The average Bonchev–Trinajstić information content (AvgIpc) is 2.76. The van der Waals surface area contributed by atoms with Crippen molar-refractivity contribution in [2.45, 2.75) is 25.5 Å². The number of aliphatic hydroxyl groups excluding tert-OH is 1. The highest BCUT2D eigenvalue weighted by Crippen LogP contribution is 2.28. The number of hydrogen-bond acceptors (Lipinski definition) is 3. The number of likely N-dealkylation sites (N-methyl/N-ethyl adjacent to an activating group) is 1. The van der Waals surface area contributed by atoms with Crippen LogP contribution in [0.1, 0.15) is 18.4 Å². The number of para-hydroxylation sites is 1. The summed E-state index contributed by atoms with van der Waals surface area (Å²) in [7, 11) is 4.24. The molecule has 1 N–H and O–H groups in total. The molecule has 1 saturated heterocycles. The molecule has 0 aromatic heterocycles. The lowest BCUT2D eigenvalue weighted by atomic mass is 10.1. The SMILES string of the molecule is CN(C)CC1CCCN1c1ccccc1CO. The van der Waals surface area contributed by atoms with Gasteiger partial charge in [0.1, 0.15) is 0 Å². The van der Waals surface area contributed by atoms with Crippen molar-refractivity contribution in [2.75, 3.05) is 32.1 Å². The molecule has 1 aliphatic heterocycles. The van der Waals surface area contributed by atoms with Crippen LogP contribution in [0, 0.1) is 0 Å². The minimum atomic E-state index is 0.126. The topological polar surface area (TPSA) is 26.7 Å². The predicted octanol–water partition coefficient (Wildman–Crippen LogP) is 1.71. The summed E-state index contributed by atoms with van der Waals surface area (Å²) in [5, 5.41) is 9.41. The fraction of sp³-hybridized carbons (Fsp3) is 0.571. The van der Waals surface area contributed by atoms with Gasteiger partial charge in [0, 0.05) is 30.4 Å². The molecule has 2 rings (SSSR count). The quantitative estimate of drug-likeness (QED) is 0.859. The lowest BCUT2D eigenvalue weighted by Gasteiger charge is -2.30. The fourth-order valence-electron chi connectivity index (χ4n) is 2.69. The first-order valence-corrected chi connectivity index (χ1v) is 6.32. The van der Waals surface area contributed by atoms with E-state index in [0.29, 0.717) is 6.04 Å². The zero-order valence-electron chi connectivity index (χ0n) is 10.8. The van der Waals surface area contributed by atoms with Gasteiger partial charge in [0.05, 0.1) is 6.61 Å². The van der Waals surface area contributed by atoms with E-state index in [1.807, 2.05) is 12.1 Å². The summed E-state index contributed by atoms with van der Waals surface area (Å²) >= 11 is 0. The third kappa shape index (κ3) is 2.79. The second kappa shape index (κ2) is 5.52. The molecule has 1 aromatic carbocycles. The van der Waals surface area contributed by atoms with Gasteiger partial charge < -0.3 is 14.9 Å². The van der Waals surface area contributed by atoms with Crippen LogP contribution in [0.5, 0.6) is 0 Å². The van der Waals surface area contributed by atoms with Gasteiger partial charge in [-0.1, -0.05) is 18.2 Å². The van der Waals surface area contributed by atoms with Crippen LogP contribution in [0.15, 0.2) is 24.3 Å². The Hall–Kier alpha value is -1.06. The van der Waals surface area contributed by atoms with E-state index >= 15 is 0 Å². The molecule has 0 aliphatic carbocycles. The summed E-state index contributed by atoms with van der Waals surface area (Å²) in [6.07, 6.45) is 2.50. The molecule has 1 unspecified atom stereocenters. The van der Waals surface area contributed by atoms with Crippen molar-refractivity contribution in [1.29, 1.82) is 0 Å². The Kier molecular flexibility index (Phi) is 4.02. The zero-order valence-corrected chi connectivity index (χ0v) is 10.8. The first kappa shape index (κ1) is 12.4. The van der Waals surface area contributed by atoms with Crippen LogP contribution in [0.25, 0.3) is 0 Å². The van der Waals surface area contributed by atoms with Gasteiger partial charge in [-0.2, -0.15) is 0 Å². The molecule has 17 heavy (non-hydrogen) atoms. The van der Waals surface area contributed by atoms with Crippen LogP contribution in [0.4, 0.5) is 5.69 Å². The van der Waals surface area contributed by atoms with E-state index in [1.165, 1.54) is 18.5 Å². The maximum absolute atomic E-state index is 9.41. The van der Waals surface area contributed by atoms with Crippen molar-refractivity contribution in [2.24, 2.45) is 0 Å². The minimum absolute atomic E-state index is 0.126. The van der Waals surface area contributed by atoms with Gasteiger partial charge in [0.15, 0.2) is 0 Å². The van der Waals surface area contributed by atoms with Gasteiger partial charge in [-0.3, -0.25) is 0 Å². The molecule has 1 heterocycles. The smallest absolute Gasteiger partial charge is 0.0702 e. The first-order chi connectivity index (χ1) is 8.22. The van der Waals surface area contributed by atoms with Crippen molar-refractivity contribution in [1.82, 2.24) is 4.90 Å².